The second kappa shape index (κ2) is 54.9. The number of carboxylic acids is 4. The van der Waals surface area contributed by atoms with E-state index in [9.17, 15) is 82.8 Å². The number of phenolic OH excluding ortho intramolecular Hbond substituents is 1. The number of Topliss-reactive ketones (excluding diaryl/α,β-unsaturated/α-hetero) is 5. The number of unbranched alkanes of at least 4 members (excludes halogenated alkanes) is 17. The molecule has 0 aliphatic heterocycles. The van der Waals surface area contributed by atoms with Gasteiger partial charge in [-0.2, -0.15) is 0 Å². The van der Waals surface area contributed by atoms with Gasteiger partial charge in [-0.1, -0.05) is 148 Å². The van der Waals surface area contributed by atoms with E-state index in [-0.39, 0.29) is 118 Å². The zero-order valence-corrected chi connectivity index (χ0v) is 59.7. The predicted octanol–water partition coefficient (Wildman–Crippen LogP) is 10.2. The fraction of sp³-hybridized carbons (Fsp3) is 0.743. The van der Waals surface area contributed by atoms with Gasteiger partial charge in [0.15, 0.2) is 11.6 Å². The fourth-order valence-corrected chi connectivity index (χ4v) is 12.0. The Morgan fingerprint density at radius 3 is 1.43 bits per heavy atom. The largest absolute Gasteiger partial charge is 0.508 e. The Bertz CT molecular complexity index is 2560. The molecule has 0 saturated heterocycles. The Hall–Kier alpha value is -6.95. The zero-order chi connectivity index (χ0) is 73.0. The lowest BCUT2D eigenvalue weighted by Crippen LogP contribution is -2.50. The van der Waals surface area contributed by atoms with Crippen molar-refractivity contribution in [2.24, 2.45) is 23.7 Å². The van der Waals surface area contributed by atoms with Crippen LogP contribution in [0.2, 0.25) is 0 Å². The smallest absolute Gasteiger partial charge is 0.326 e. The highest BCUT2D eigenvalue weighted by atomic mass is 16.4. The van der Waals surface area contributed by atoms with Gasteiger partial charge in [0, 0.05) is 77.3 Å². The number of amides is 4. The summed E-state index contributed by atoms with van der Waals surface area (Å²) < 4.78 is 0. The molecule has 11 N–H and O–H groups in total. The van der Waals surface area contributed by atoms with Crippen LogP contribution in [0.4, 0.5) is 0 Å². The molecular formula is C74H122N6O18. The van der Waals surface area contributed by atoms with E-state index in [0.717, 1.165) is 50.6 Å². The molecule has 0 aromatic heterocycles. The lowest BCUT2D eigenvalue weighted by molar-refractivity contribution is -0.145. The van der Waals surface area contributed by atoms with Crippen molar-refractivity contribution in [3.8, 4) is 5.75 Å². The van der Waals surface area contributed by atoms with Gasteiger partial charge in [-0.25, -0.2) is 4.79 Å². The molecule has 0 spiro atoms. The van der Waals surface area contributed by atoms with E-state index in [1.807, 2.05) is 13.8 Å². The van der Waals surface area contributed by atoms with Crippen molar-refractivity contribution < 1.29 is 87.9 Å². The SMILES string of the molecule is CCCC[C@H](NCC(=O)[C@@H](Cc1ccc(O)cc1)NC(C)=O)C(=O)CN[C@@H](CCCCNC(=O)CC[C@H](CC(=O)CC[C@H](NC(=O)CC[C@H](CC(=O)C1CCC(C)CC1)C(=O)O)C(=O)O)C(=O)O)C(=O)CC.CCNC(=O)CCCCCCCCCCCCCCCCCCC(=O)O. The number of carbonyl (C=O) groups excluding carboxylic acids is 9. The molecule has 556 valence electrons. The van der Waals surface area contributed by atoms with Crippen LogP contribution in [-0.4, -0.2) is 152 Å². The molecule has 1 aromatic rings. The number of benzene rings is 1. The van der Waals surface area contributed by atoms with Gasteiger partial charge in [-0.05, 0) is 108 Å². The van der Waals surface area contributed by atoms with Gasteiger partial charge in [0.2, 0.25) is 23.6 Å². The molecule has 1 fully saturated rings. The molecule has 0 heterocycles. The van der Waals surface area contributed by atoms with Crippen LogP contribution in [0.3, 0.4) is 0 Å². The van der Waals surface area contributed by atoms with E-state index in [0.29, 0.717) is 63.7 Å². The summed E-state index contributed by atoms with van der Waals surface area (Å²) in [6.45, 7) is 9.67. The molecule has 0 bridgehead atoms. The summed E-state index contributed by atoms with van der Waals surface area (Å²) in [7, 11) is 0. The van der Waals surface area contributed by atoms with E-state index in [4.69, 9.17) is 5.11 Å². The standard InChI is InChI=1S/C52H79N5O15.C22H43NO3/c1-5-7-10-41(55-31-47(64)43(56-33(4)58)27-34-14-20-38(59)21-15-34)46(63)30-54-40(44(61)6-2)11-8-9-26-53-48(65)24-18-36(50(67)68)28-39(60)22-23-42(52(71)72)57-49(66)25-19-37(51(69)70)29-45(62)35-16-12-32(3)13-17-35;1-2-23-21(24)19-17-15-13-11-9-7-5-3-4-6-8-10-12-14-16-18-20-22(25)26/h14-15,20-21,32,35-37,40-43,54-55,59H,5-13,16-19,22-31H2,1-4H3,(H,53,65)(H,56,58)(H,57,66)(H,67,68)(H,69,70)(H,71,72);2-20H2,1H3,(H,23,24)(H,25,26)/t32?,35?,36-,37-,40+,41+,42+,43-;/m1./s1. The second-order valence-electron chi connectivity index (χ2n) is 26.7. The normalized spacial score (nSPS) is 15.3. The first-order chi connectivity index (χ1) is 46.8. The molecule has 0 radical (unpaired) electrons. The van der Waals surface area contributed by atoms with Crippen molar-refractivity contribution in [3.63, 3.8) is 0 Å². The minimum absolute atomic E-state index is 0.0648. The maximum absolute atomic E-state index is 13.4. The minimum atomic E-state index is -1.51. The van der Waals surface area contributed by atoms with Gasteiger partial charge < -0.3 is 57.4 Å². The summed E-state index contributed by atoms with van der Waals surface area (Å²) in [5.41, 5.74) is 0.724. The Morgan fingerprint density at radius 1 is 0.459 bits per heavy atom. The number of ketones is 5. The molecule has 2 rings (SSSR count). The molecule has 1 aliphatic carbocycles. The van der Waals surface area contributed by atoms with Crippen molar-refractivity contribution >= 4 is 76.4 Å². The molecule has 24 heteroatoms. The quantitative estimate of drug-likeness (QED) is 0.0270. The van der Waals surface area contributed by atoms with Crippen LogP contribution in [0.25, 0.3) is 0 Å². The van der Waals surface area contributed by atoms with Crippen LogP contribution in [0.15, 0.2) is 24.3 Å². The topological polar surface area (TPSA) is 395 Å². The number of phenols is 1. The summed E-state index contributed by atoms with van der Waals surface area (Å²) in [5.74, 6) is -9.48. The maximum atomic E-state index is 13.4. The third kappa shape index (κ3) is 44.9. The summed E-state index contributed by atoms with van der Waals surface area (Å²) in [6.07, 6.45) is 25.5. The summed E-state index contributed by atoms with van der Waals surface area (Å²) in [4.78, 5) is 160. The van der Waals surface area contributed by atoms with Gasteiger partial charge in [0.1, 0.15) is 29.1 Å². The van der Waals surface area contributed by atoms with Gasteiger partial charge in [0.25, 0.3) is 0 Å². The van der Waals surface area contributed by atoms with Gasteiger partial charge in [-0.15, -0.1) is 0 Å². The van der Waals surface area contributed by atoms with E-state index < -0.39 is 89.8 Å². The van der Waals surface area contributed by atoms with Crippen molar-refractivity contribution in [1.29, 1.82) is 0 Å². The second-order valence-corrected chi connectivity index (χ2v) is 26.7. The molecule has 1 aromatic carbocycles. The van der Waals surface area contributed by atoms with E-state index in [1.165, 1.54) is 103 Å². The average molecular weight is 1380 g/mol. The van der Waals surface area contributed by atoms with E-state index in [2.05, 4.69) is 38.8 Å². The number of rotatable bonds is 59. The lowest BCUT2D eigenvalue weighted by Gasteiger charge is -2.26. The molecule has 24 nitrogen and oxygen atoms in total. The highest BCUT2D eigenvalue weighted by molar-refractivity contribution is 5.92. The number of hydrogen-bond donors (Lipinski definition) is 11. The predicted molar refractivity (Wildman–Crippen MR) is 374 cm³/mol. The molecule has 1 aliphatic rings. The maximum Gasteiger partial charge on any atom is 0.326 e. The van der Waals surface area contributed by atoms with Crippen LogP contribution in [-0.2, 0) is 68.7 Å². The first-order valence-corrected chi connectivity index (χ1v) is 36.7. The van der Waals surface area contributed by atoms with Crippen molar-refractivity contribution in [2.45, 2.75) is 303 Å². The van der Waals surface area contributed by atoms with Crippen LogP contribution < -0.4 is 31.9 Å². The van der Waals surface area contributed by atoms with E-state index >= 15 is 0 Å². The average Bonchev–Trinajstić information content (AvgIpc) is 0.919. The minimum Gasteiger partial charge on any atom is -0.508 e. The summed E-state index contributed by atoms with van der Waals surface area (Å²) in [6, 6.07) is 2.56. The fourth-order valence-electron chi connectivity index (χ4n) is 12.0. The first kappa shape index (κ1) is 89.1. The number of carboxylic acid groups (broad SMARTS) is 4. The highest BCUT2D eigenvalue weighted by Gasteiger charge is 2.31. The van der Waals surface area contributed by atoms with Crippen molar-refractivity contribution in [3.05, 3.63) is 29.8 Å². The number of hydrogen-bond acceptors (Lipinski definition) is 16. The van der Waals surface area contributed by atoms with E-state index in [1.54, 1.807) is 19.1 Å². The number of aromatic hydroxyl groups is 1. The summed E-state index contributed by atoms with van der Waals surface area (Å²) in [5, 5.41) is 63.9. The lowest BCUT2D eigenvalue weighted by atomic mass is 9.78. The Labute approximate surface area is 582 Å². The molecular weight excluding hydrogens is 1260 g/mol. The number of nitrogens with one attached hydrogen (secondary N) is 6. The molecule has 1 saturated carbocycles. The van der Waals surface area contributed by atoms with Gasteiger partial charge >= 0.3 is 23.9 Å². The van der Waals surface area contributed by atoms with Crippen LogP contribution in [0.5, 0.6) is 5.75 Å². The molecule has 0 unspecified atom stereocenters. The van der Waals surface area contributed by atoms with Crippen LogP contribution in [0.1, 0.15) is 278 Å². The molecule has 98 heavy (non-hydrogen) atoms. The zero-order valence-electron chi connectivity index (χ0n) is 59.7. The Kier molecular flexibility index (Phi) is 49.9. The van der Waals surface area contributed by atoms with Crippen molar-refractivity contribution in [1.82, 2.24) is 31.9 Å². The third-order valence-corrected chi connectivity index (χ3v) is 18.2. The highest BCUT2D eigenvalue weighted by Crippen LogP contribution is 2.31. The monoisotopic (exact) mass is 1380 g/mol. The van der Waals surface area contributed by atoms with Gasteiger partial charge in [-0.3, -0.25) is 57.5 Å². The Balaban J connectivity index is 0.00000155. The number of aliphatic carboxylic acids is 4. The molecule has 6 atom stereocenters. The molecule has 4 amide bonds. The first-order valence-electron chi connectivity index (χ1n) is 36.7. The Morgan fingerprint density at radius 2 is 0.939 bits per heavy atom. The van der Waals surface area contributed by atoms with Crippen LogP contribution in [0, 0.1) is 23.7 Å². The number of carbonyl (C=O) groups is 13. The van der Waals surface area contributed by atoms with Crippen molar-refractivity contribution in [2.75, 3.05) is 26.2 Å². The van der Waals surface area contributed by atoms with Crippen LogP contribution >= 0.6 is 0 Å². The third-order valence-electron chi connectivity index (χ3n) is 18.2. The summed E-state index contributed by atoms with van der Waals surface area (Å²) >= 11 is 0. The van der Waals surface area contributed by atoms with Gasteiger partial charge in [0.05, 0.1) is 43.1 Å².